The first-order valence-corrected chi connectivity index (χ1v) is 4.50. The van der Waals surface area contributed by atoms with Gasteiger partial charge < -0.3 is 14.6 Å². The maximum atomic E-state index is 12.0. The smallest absolute Gasteiger partial charge is 0.478 e. The van der Waals surface area contributed by atoms with Gasteiger partial charge in [-0.2, -0.15) is 0 Å². The number of carbonyl (C=O) groups is 2. The fraction of sp³-hybridized carbons (Fsp3) is 0.200. The summed E-state index contributed by atoms with van der Waals surface area (Å²) in [5.41, 5.74) is -0.493. The van der Waals surface area contributed by atoms with Crippen LogP contribution >= 0.6 is 0 Å². The number of esters is 1. The van der Waals surface area contributed by atoms with Crippen molar-refractivity contribution in [3.8, 4) is 11.5 Å². The lowest BCUT2D eigenvalue weighted by atomic mass is 10.2. The summed E-state index contributed by atoms with van der Waals surface area (Å²) >= 11 is 0. The largest absolute Gasteiger partial charge is 0.573 e. The van der Waals surface area contributed by atoms with Crippen molar-refractivity contribution in [2.45, 2.75) is 13.3 Å². The molecule has 1 rings (SSSR count). The van der Waals surface area contributed by atoms with Crippen molar-refractivity contribution >= 4 is 11.9 Å². The summed E-state index contributed by atoms with van der Waals surface area (Å²) < 4.78 is 44.0. The zero-order valence-corrected chi connectivity index (χ0v) is 8.95. The first-order valence-electron chi connectivity index (χ1n) is 4.50. The maximum Gasteiger partial charge on any atom is 0.573 e. The normalized spacial score (nSPS) is 10.9. The SMILES string of the molecule is CC(=O)Oc1cc(OC(F)(F)F)cc(C(=O)O)c1. The van der Waals surface area contributed by atoms with E-state index in [9.17, 15) is 22.8 Å². The molecule has 0 radical (unpaired) electrons. The first-order chi connectivity index (χ1) is 8.17. The molecule has 5 nitrogen and oxygen atoms in total. The monoisotopic (exact) mass is 264 g/mol. The van der Waals surface area contributed by atoms with Crippen molar-refractivity contribution in [2.75, 3.05) is 0 Å². The Balaban J connectivity index is 3.13. The fourth-order valence-electron chi connectivity index (χ4n) is 1.11. The number of carbonyl (C=O) groups excluding carboxylic acids is 1. The molecule has 0 saturated heterocycles. The van der Waals surface area contributed by atoms with E-state index in [1.165, 1.54) is 0 Å². The van der Waals surface area contributed by atoms with Gasteiger partial charge in [0.2, 0.25) is 0 Å². The van der Waals surface area contributed by atoms with Crippen LogP contribution in [0.5, 0.6) is 11.5 Å². The second kappa shape index (κ2) is 4.94. The summed E-state index contributed by atoms with van der Waals surface area (Å²) in [6, 6.07) is 2.34. The van der Waals surface area contributed by atoms with Crippen LogP contribution < -0.4 is 9.47 Å². The molecule has 0 bridgehead atoms. The van der Waals surface area contributed by atoms with Crippen LogP contribution in [0.25, 0.3) is 0 Å². The Bertz CT molecular complexity index is 481. The van der Waals surface area contributed by atoms with Crippen molar-refractivity contribution in [2.24, 2.45) is 0 Å². The third-order valence-electron chi connectivity index (χ3n) is 1.62. The molecule has 98 valence electrons. The summed E-state index contributed by atoms with van der Waals surface area (Å²) in [6.07, 6.45) is -4.97. The van der Waals surface area contributed by atoms with Crippen LogP contribution in [0.1, 0.15) is 17.3 Å². The summed E-state index contributed by atoms with van der Waals surface area (Å²) in [5, 5.41) is 8.69. The molecule has 0 heterocycles. The number of carboxylic acid groups (broad SMARTS) is 1. The maximum absolute atomic E-state index is 12.0. The zero-order chi connectivity index (χ0) is 13.9. The number of ether oxygens (including phenoxy) is 2. The fourth-order valence-corrected chi connectivity index (χ4v) is 1.11. The van der Waals surface area contributed by atoms with Gasteiger partial charge in [-0.05, 0) is 12.1 Å². The minimum Gasteiger partial charge on any atom is -0.478 e. The van der Waals surface area contributed by atoms with Crippen LogP contribution in [-0.4, -0.2) is 23.4 Å². The van der Waals surface area contributed by atoms with E-state index >= 15 is 0 Å². The summed E-state index contributed by atoms with van der Waals surface area (Å²) in [4.78, 5) is 21.3. The predicted molar refractivity (Wildman–Crippen MR) is 51.4 cm³/mol. The average molecular weight is 264 g/mol. The van der Waals surface area contributed by atoms with Crippen LogP contribution in [0.2, 0.25) is 0 Å². The molecule has 1 aromatic rings. The van der Waals surface area contributed by atoms with E-state index in [4.69, 9.17) is 5.11 Å². The Morgan fingerprint density at radius 3 is 2.17 bits per heavy atom. The van der Waals surface area contributed by atoms with Gasteiger partial charge in [-0.15, -0.1) is 13.2 Å². The highest BCUT2D eigenvalue weighted by molar-refractivity contribution is 5.89. The van der Waals surface area contributed by atoms with E-state index < -0.39 is 29.6 Å². The van der Waals surface area contributed by atoms with E-state index in [-0.39, 0.29) is 5.75 Å². The molecule has 0 aromatic heterocycles. The predicted octanol–water partition coefficient (Wildman–Crippen LogP) is 2.21. The molecule has 1 aromatic carbocycles. The van der Waals surface area contributed by atoms with E-state index in [1.54, 1.807) is 0 Å². The zero-order valence-electron chi connectivity index (χ0n) is 8.95. The number of rotatable bonds is 3. The third-order valence-corrected chi connectivity index (χ3v) is 1.62. The molecule has 0 atom stereocenters. The number of alkyl halides is 3. The highest BCUT2D eigenvalue weighted by Gasteiger charge is 2.31. The standard InChI is InChI=1S/C10H7F3O5/c1-5(14)17-7-2-6(9(15)16)3-8(4-7)18-10(11,12)13/h2-4H,1H3,(H,15,16). The Morgan fingerprint density at radius 1 is 1.17 bits per heavy atom. The molecule has 0 unspecified atom stereocenters. The molecule has 18 heavy (non-hydrogen) atoms. The van der Waals surface area contributed by atoms with Crippen molar-refractivity contribution in [1.29, 1.82) is 0 Å². The second-order valence-corrected chi connectivity index (χ2v) is 3.14. The number of aromatic carboxylic acids is 1. The van der Waals surface area contributed by atoms with Gasteiger partial charge in [-0.25, -0.2) is 4.79 Å². The summed E-state index contributed by atoms with van der Waals surface area (Å²) in [5.74, 6) is -3.40. The molecule has 8 heteroatoms. The number of halogens is 3. The lowest BCUT2D eigenvalue weighted by molar-refractivity contribution is -0.274. The third kappa shape index (κ3) is 4.32. The summed E-state index contributed by atoms with van der Waals surface area (Å²) in [7, 11) is 0. The van der Waals surface area contributed by atoms with Crippen molar-refractivity contribution in [3.63, 3.8) is 0 Å². The Kier molecular flexibility index (Phi) is 3.79. The second-order valence-electron chi connectivity index (χ2n) is 3.14. The van der Waals surface area contributed by atoms with E-state index in [1.807, 2.05) is 0 Å². The number of carboxylic acids is 1. The average Bonchev–Trinajstić information content (AvgIpc) is 2.12. The van der Waals surface area contributed by atoms with Crippen LogP contribution in [0, 0.1) is 0 Å². The minimum absolute atomic E-state index is 0.346. The van der Waals surface area contributed by atoms with E-state index in [0.29, 0.717) is 6.07 Å². The lowest BCUT2D eigenvalue weighted by Gasteiger charge is -2.11. The molecule has 0 amide bonds. The highest BCUT2D eigenvalue weighted by atomic mass is 19.4. The Labute approximate surface area is 98.7 Å². The van der Waals surface area contributed by atoms with Crippen molar-refractivity contribution < 1.29 is 37.3 Å². The van der Waals surface area contributed by atoms with Gasteiger partial charge in [0.15, 0.2) is 0 Å². The van der Waals surface area contributed by atoms with Crippen molar-refractivity contribution in [3.05, 3.63) is 23.8 Å². The first kappa shape index (κ1) is 13.8. The van der Waals surface area contributed by atoms with Gasteiger partial charge in [0, 0.05) is 13.0 Å². The Morgan fingerprint density at radius 2 is 1.72 bits per heavy atom. The number of benzene rings is 1. The Hall–Kier alpha value is -2.25. The van der Waals surface area contributed by atoms with Gasteiger partial charge >= 0.3 is 18.3 Å². The molecule has 0 aliphatic heterocycles. The van der Waals surface area contributed by atoms with Gasteiger partial charge in [0.25, 0.3) is 0 Å². The molecule has 0 saturated carbocycles. The number of hydrogen-bond donors (Lipinski definition) is 1. The van der Waals surface area contributed by atoms with E-state index in [0.717, 1.165) is 19.1 Å². The molecule has 0 aliphatic rings. The van der Waals surface area contributed by atoms with Crippen molar-refractivity contribution in [1.82, 2.24) is 0 Å². The molecule has 0 spiro atoms. The molecule has 0 aliphatic carbocycles. The van der Waals surface area contributed by atoms with Crippen LogP contribution in [0.3, 0.4) is 0 Å². The molecular formula is C10H7F3O5. The van der Waals surface area contributed by atoms with Gasteiger partial charge in [-0.1, -0.05) is 0 Å². The highest BCUT2D eigenvalue weighted by Crippen LogP contribution is 2.28. The quantitative estimate of drug-likeness (QED) is 0.669. The minimum atomic E-state index is -4.97. The van der Waals surface area contributed by atoms with Crippen LogP contribution in [0.15, 0.2) is 18.2 Å². The van der Waals surface area contributed by atoms with Gasteiger partial charge in [0.1, 0.15) is 11.5 Å². The van der Waals surface area contributed by atoms with Crippen LogP contribution in [0.4, 0.5) is 13.2 Å². The summed E-state index contributed by atoms with van der Waals surface area (Å²) in [6.45, 7) is 1.03. The number of hydrogen-bond acceptors (Lipinski definition) is 4. The van der Waals surface area contributed by atoms with Crippen LogP contribution in [-0.2, 0) is 4.79 Å². The van der Waals surface area contributed by atoms with Gasteiger partial charge in [0.05, 0.1) is 5.56 Å². The van der Waals surface area contributed by atoms with E-state index in [2.05, 4.69) is 9.47 Å². The lowest BCUT2D eigenvalue weighted by Crippen LogP contribution is -2.17. The van der Waals surface area contributed by atoms with Gasteiger partial charge in [-0.3, -0.25) is 4.79 Å². The topological polar surface area (TPSA) is 72.8 Å². The molecular weight excluding hydrogens is 257 g/mol. The molecule has 1 N–H and O–H groups in total. The molecule has 0 fully saturated rings.